The van der Waals surface area contributed by atoms with Gasteiger partial charge in [0, 0.05) is 29.1 Å². The second-order valence-electron chi connectivity index (χ2n) is 5.50. The van der Waals surface area contributed by atoms with Crippen LogP contribution in [0.25, 0.3) is 0 Å². The van der Waals surface area contributed by atoms with E-state index < -0.39 is 9.84 Å². The summed E-state index contributed by atoms with van der Waals surface area (Å²) in [6, 6.07) is 6.74. The molecular weight excluding hydrogens is 352 g/mol. The van der Waals surface area contributed by atoms with Gasteiger partial charge in [0.15, 0.2) is 9.84 Å². The molecule has 2 aromatic rings. The number of carbonyl (C=O) groups is 1. The number of halogens is 1. The summed E-state index contributed by atoms with van der Waals surface area (Å²) in [6.45, 7) is 0. The van der Waals surface area contributed by atoms with Crippen molar-refractivity contribution in [3.63, 3.8) is 0 Å². The van der Waals surface area contributed by atoms with Gasteiger partial charge in [0.05, 0.1) is 17.1 Å². The Balaban J connectivity index is 1.62. The Morgan fingerprint density at radius 1 is 1.25 bits per heavy atom. The molecule has 0 bridgehead atoms. The summed E-state index contributed by atoms with van der Waals surface area (Å²) in [7, 11) is -3.03. The van der Waals surface area contributed by atoms with E-state index in [9.17, 15) is 13.2 Å². The Labute approximate surface area is 144 Å². The van der Waals surface area contributed by atoms with Crippen LogP contribution >= 0.6 is 11.6 Å². The van der Waals surface area contributed by atoms with Crippen molar-refractivity contribution in [2.75, 3.05) is 16.8 Å². The maximum atomic E-state index is 12.1. The van der Waals surface area contributed by atoms with E-state index in [1.54, 1.807) is 18.2 Å². The van der Waals surface area contributed by atoms with Crippen LogP contribution in [0, 0.1) is 0 Å². The van der Waals surface area contributed by atoms with Crippen molar-refractivity contribution in [1.29, 1.82) is 0 Å². The SMILES string of the molecule is O=C(NC1CCS(=O)(=O)C1)c1cnc(Nc2cccc(Cl)c2)nc1. The van der Waals surface area contributed by atoms with Crippen LogP contribution in [0.5, 0.6) is 0 Å². The topological polar surface area (TPSA) is 101 Å². The van der Waals surface area contributed by atoms with Crippen LogP contribution in [0.2, 0.25) is 5.02 Å². The summed E-state index contributed by atoms with van der Waals surface area (Å²) in [4.78, 5) is 20.3. The molecule has 2 N–H and O–H groups in total. The molecule has 9 heteroatoms. The highest BCUT2D eigenvalue weighted by molar-refractivity contribution is 7.91. The minimum absolute atomic E-state index is 0.0198. The van der Waals surface area contributed by atoms with Gasteiger partial charge in [-0.2, -0.15) is 0 Å². The molecule has 1 aliphatic rings. The summed E-state index contributed by atoms with van der Waals surface area (Å²) < 4.78 is 22.8. The fourth-order valence-corrected chi connectivity index (χ4v) is 4.25. The van der Waals surface area contributed by atoms with Crippen molar-refractivity contribution in [2.45, 2.75) is 12.5 Å². The van der Waals surface area contributed by atoms with Gasteiger partial charge in [0.2, 0.25) is 5.95 Å². The molecule has 3 rings (SSSR count). The lowest BCUT2D eigenvalue weighted by Gasteiger charge is -2.10. The standard InChI is InChI=1S/C15H15ClN4O3S/c16-11-2-1-3-12(6-11)20-15-17-7-10(8-18-15)14(21)19-13-4-5-24(22,23)9-13/h1-3,6-8,13H,4-5,9H2,(H,19,21)(H,17,18,20). The van der Waals surface area contributed by atoms with Crippen LogP contribution in [0.15, 0.2) is 36.7 Å². The number of rotatable bonds is 4. The predicted octanol–water partition coefficient (Wildman–Crippen LogP) is 1.79. The van der Waals surface area contributed by atoms with Gasteiger partial charge in [-0.05, 0) is 24.6 Å². The van der Waals surface area contributed by atoms with E-state index in [4.69, 9.17) is 11.6 Å². The number of sulfone groups is 1. The number of nitrogens with one attached hydrogen (secondary N) is 2. The van der Waals surface area contributed by atoms with E-state index in [1.807, 2.05) is 6.07 Å². The molecule has 1 aliphatic heterocycles. The molecule has 1 fully saturated rings. The highest BCUT2D eigenvalue weighted by Crippen LogP contribution is 2.18. The second-order valence-corrected chi connectivity index (χ2v) is 8.17. The third-order valence-electron chi connectivity index (χ3n) is 3.56. The van der Waals surface area contributed by atoms with Gasteiger partial charge in [0.25, 0.3) is 5.91 Å². The first-order chi connectivity index (χ1) is 11.4. The highest BCUT2D eigenvalue weighted by Gasteiger charge is 2.29. The van der Waals surface area contributed by atoms with Gasteiger partial charge >= 0.3 is 0 Å². The van der Waals surface area contributed by atoms with Gasteiger partial charge in [-0.1, -0.05) is 17.7 Å². The number of anilines is 2. The molecule has 0 aliphatic carbocycles. The number of nitrogens with zero attached hydrogens (tertiary/aromatic N) is 2. The van der Waals surface area contributed by atoms with E-state index in [-0.39, 0.29) is 29.0 Å². The molecule has 2 heterocycles. The summed E-state index contributed by atoms with van der Waals surface area (Å²) in [5.41, 5.74) is 1.01. The van der Waals surface area contributed by atoms with Crippen molar-refractivity contribution >= 4 is 39.0 Å². The van der Waals surface area contributed by atoms with Crippen molar-refractivity contribution in [2.24, 2.45) is 0 Å². The summed E-state index contributed by atoms with van der Waals surface area (Å²) in [6.07, 6.45) is 3.21. The molecule has 24 heavy (non-hydrogen) atoms. The number of benzene rings is 1. The van der Waals surface area contributed by atoms with E-state index >= 15 is 0 Å². The molecule has 0 radical (unpaired) electrons. The van der Waals surface area contributed by atoms with Crippen LogP contribution in [-0.4, -0.2) is 41.8 Å². The Kier molecular flexibility index (Phi) is 4.68. The molecule has 0 spiro atoms. The van der Waals surface area contributed by atoms with Gasteiger partial charge in [-0.25, -0.2) is 18.4 Å². The number of carbonyl (C=O) groups excluding carboxylic acids is 1. The lowest BCUT2D eigenvalue weighted by molar-refractivity contribution is 0.0940. The lowest BCUT2D eigenvalue weighted by atomic mass is 10.2. The van der Waals surface area contributed by atoms with Gasteiger partial charge in [0.1, 0.15) is 0 Å². The van der Waals surface area contributed by atoms with Crippen LogP contribution in [0.4, 0.5) is 11.6 Å². The number of amides is 1. The Morgan fingerprint density at radius 2 is 2.00 bits per heavy atom. The maximum Gasteiger partial charge on any atom is 0.254 e. The van der Waals surface area contributed by atoms with Gasteiger partial charge in [-0.15, -0.1) is 0 Å². The minimum atomic E-state index is -3.03. The molecule has 1 amide bonds. The first kappa shape index (κ1) is 16.7. The molecule has 1 saturated heterocycles. The zero-order valence-corrected chi connectivity index (χ0v) is 14.1. The number of hydrogen-bond acceptors (Lipinski definition) is 6. The van der Waals surface area contributed by atoms with Crippen molar-refractivity contribution in [3.8, 4) is 0 Å². The van der Waals surface area contributed by atoms with E-state index in [0.29, 0.717) is 17.4 Å². The summed E-state index contributed by atoms with van der Waals surface area (Å²) >= 11 is 5.90. The average molecular weight is 367 g/mol. The third-order valence-corrected chi connectivity index (χ3v) is 5.57. The van der Waals surface area contributed by atoms with Crippen LogP contribution < -0.4 is 10.6 Å². The molecule has 126 valence electrons. The van der Waals surface area contributed by atoms with E-state index in [0.717, 1.165) is 5.69 Å². The molecule has 7 nitrogen and oxygen atoms in total. The predicted molar refractivity (Wildman–Crippen MR) is 91.3 cm³/mol. The van der Waals surface area contributed by atoms with Crippen LogP contribution in [0.3, 0.4) is 0 Å². The number of hydrogen-bond donors (Lipinski definition) is 2. The molecule has 0 saturated carbocycles. The quantitative estimate of drug-likeness (QED) is 0.855. The lowest BCUT2D eigenvalue weighted by Crippen LogP contribution is -2.35. The Morgan fingerprint density at radius 3 is 2.62 bits per heavy atom. The molecule has 1 aromatic carbocycles. The molecular formula is C15H15ClN4O3S. The van der Waals surface area contributed by atoms with Gasteiger partial charge < -0.3 is 10.6 Å². The fraction of sp³-hybridized carbons (Fsp3) is 0.267. The van der Waals surface area contributed by atoms with Crippen molar-refractivity contribution in [3.05, 3.63) is 47.2 Å². The minimum Gasteiger partial charge on any atom is -0.348 e. The van der Waals surface area contributed by atoms with Crippen molar-refractivity contribution < 1.29 is 13.2 Å². The Hall–Kier alpha value is -2.19. The first-order valence-electron chi connectivity index (χ1n) is 7.27. The summed E-state index contributed by atoms with van der Waals surface area (Å²) in [5, 5.41) is 6.25. The molecule has 1 aromatic heterocycles. The molecule has 1 unspecified atom stereocenters. The fourth-order valence-electron chi connectivity index (χ4n) is 2.38. The zero-order valence-electron chi connectivity index (χ0n) is 12.6. The normalized spacial score (nSPS) is 19.0. The van der Waals surface area contributed by atoms with E-state index in [1.165, 1.54) is 12.4 Å². The smallest absolute Gasteiger partial charge is 0.254 e. The average Bonchev–Trinajstić information content (AvgIpc) is 2.87. The van der Waals surface area contributed by atoms with Crippen molar-refractivity contribution in [1.82, 2.24) is 15.3 Å². The maximum absolute atomic E-state index is 12.1. The Bertz CT molecular complexity index is 855. The van der Waals surface area contributed by atoms with Crippen LogP contribution in [0.1, 0.15) is 16.8 Å². The monoisotopic (exact) mass is 366 g/mol. The van der Waals surface area contributed by atoms with Gasteiger partial charge in [-0.3, -0.25) is 4.79 Å². The molecule has 1 atom stereocenters. The largest absolute Gasteiger partial charge is 0.348 e. The second kappa shape index (κ2) is 6.74. The summed E-state index contributed by atoms with van der Waals surface area (Å²) in [5.74, 6) is 0.0361. The number of aromatic nitrogens is 2. The van der Waals surface area contributed by atoms with Crippen LogP contribution in [-0.2, 0) is 9.84 Å². The zero-order chi connectivity index (χ0) is 17.2. The third kappa shape index (κ3) is 4.21. The highest BCUT2D eigenvalue weighted by atomic mass is 35.5. The first-order valence-corrected chi connectivity index (χ1v) is 9.47. The van der Waals surface area contributed by atoms with E-state index in [2.05, 4.69) is 20.6 Å².